The molecule has 1 N–H and O–H groups in total. The monoisotopic (exact) mass is 263 g/mol. The van der Waals surface area contributed by atoms with Crippen molar-refractivity contribution in [1.82, 2.24) is 4.90 Å². The lowest BCUT2D eigenvalue weighted by atomic mass is 10.3. The van der Waals surface area contributed by atoms with E-state index in [1.807, 2.05) is 20.8 Å². The van der Waals surface area contributed by atoms with Gasteiger partial charge in [-0.15, -0.1) is 23.5 Å². The van der Waals surface area contributed by atoms with Gasteiger partial charge in [-0.2, -0.15) is 0 Å². The fraction of sp³-hybridized carbons (Fsp3) is 0.800. The summed E-state index contributed by atoms with van der Waals surface area (Å²) >= 11 is 3.04. The van der Waals surface area contributed by atoms with Gasteiger partial charge in [0.1, 0.15) is 6.04 Å². The first kappa shape index (κ1) is 13.7. The molecule has 0 radical (unpaired) electrons. The SMILES string of the molecule is CC(C)(C)SCC(=O)N1CSCC1C(=O)O. The Bertz CT molecular complexity index is 288. The molecule has 1 saturated heterocycles. The number of carboxylic acids is 1. The highest BCUT2D eigenvalue weighted by molar-refractivity contribution is 8.01. The molecular weight excluding hydrogens is 246 g/mol. The van der Waals surface area contributed by atoms with Gasteiger partial charge >= 0.3 is 5.97 Å². The van der Waals surface area contributed by atoms with Crippen LogP contribution in [0.3, 0.4) is 0 Å². The molecule has 0 aliphatic carbocycles. The van der Waals surface area contributed by atoms with Crippen molar-refractivity contribution in [2.45, 2.75) is 31.6 Å². The highest BCUT2D eigenvalue weighted by Gasteiger charge is 2.34. The zero-order valence-corrected chi connectivity index (χ0v) is 11.4. The molecule has 1 heterocycles. The van der Waals surface area contributed by atoms with E-state index in [0.29, 0.717) is 17.4 Å². The third kappa shape index (κ3) is 3.90. The molecule has 0 spiro atoms. The number of hydrogen-bond acceptors (Lipinski definition) is 4. The van der Waals surface area contributed by atoms with Gasteiger partial charge < -0.3 is 10.0 Å². The van der Waals surface area contributed by atoms with Crippen molar-refractivity contribution in [3.8, 4) is 0 Å². The molecular formula is C10H17NO3S2. The van der Waals surface area contributed by atoms with E-state index in [2.05, 4.69) is 0 Å². The van der Waals surface area contributed by atoms with E-state index in [1.54, 1.807) is 11.8 Å². The molecule has 1 rings (SSSR count). The zero-order valence-electron chi connectivity index (χ0n) is 9.73. The van der Waals surface area contributed by atoms with Gasteiger partial charge in [0, 0.05) is 10.5 Å². The smallest absolute Gasteiger partial charge is 0.327 e. The van der Waals surface area contributed by atoms with Gasteiger partial charge in [0.2, 0.25) is 5.91 Å². The maximum atomic E-state index is 11.8. The second kappa shape index (κ2) is 5.31. The molecule has 0 aromatic rings. The first-order chi connectivity index (χ1) is 7.31. The molecule has 6 heteroatoms. The topological polar surface area (TPSA) is 57.6 Å². The van der Waals surface area contributed by atoms with Gasteiger partial charge in [-0.05, 0) is 0 Å². The Hall–Kier alpha value is -0.360. The number of rotatable bonds is 3. The summed E-state index contributed by atoms with van der Waals surface area (Å²) in [5.74, 6) is 0.381. The van der Waals surface area contributed by atoms with Gasteiger partial charge in [0.15, 0.2) is 0 Å². The summed E-state index contributed by atoms with van der Waals surface area (Å²) in [6.07, 6.45) is 0. The molecule has 1 amide bonds. The molecule has 0 bridgehead atoms. The number of carboxylic acid groups (broad SMARTS) is 1. The summed E-state index contributed by atoms with van der Waals surface area (Å²) in [7, 11) is 0. The van der Waals surface area contributed by atoms with Crippen LogP contribution in [-0.2, 0) is 9.59 Å². The fourth-order valence-electron chi connectivity index (χ4n) is 1.25. The third-order valence-electron chi connectivity index (χ3n) is 2.12. The van der Waals surface area contributed by atoms with Gasteiger partial charge in [-0.25, -0.2) is 4.79 Å². The minimum absolute atomic E-state index is 0.0290. The Morgan fingerprint density at radius 1 is 1.50 bits per heavy atom. The first-order valence-corrected chi connectivity index (χ1v) is 7.19. The molecule has 16 heavy (non-hydrogen) atoms. The second-order valence-corrected chi connectivity index (χ2v) is 7.42. The van der Waals surface area contributed by atoms with Crippen LogP contribution in [0.25, 0.3) is 0 Å². The number of aliphatic carboxylic acids is 1. The minimum atomic E-state index is -0.904. The highest BCUT2D eigenvalue weighted by Crippen LogP contribution is 2.26. The van der Waals surface area contributed by atoms with Crippen molar-refractivity contribution < 1.29 is 14.7 Å². The van der Waals surface area contributed by atoms with E-state index >= 15 is 0 Å². The molecule has 1 aliphatic rings. The summed E-state index contributed by atoms with van der Waals surface area (Å²) in [5.41, 5.74) is 0. The predicted molar refractivity (Wildman–Crippen MR) is 67.8 cm³/mol. The normalized spacial score (nSPS) is 21.2. The number of thioether (sulfide) groups is 2. The van der Waals surface area contributed by atoms with Crippen LogP contribution in [-0.4, -0.2) is 50.1 Å². The average Bonchev–Trinajstić information content (AvgIpc) is 2.61. The van der Waals surface area contributed by atoms with Crippen LogP contribution in [0, 0.1) is 0 Å². The lowest BCUT2D eigenvalue weighted by Crippen LogP contribution is -2.43. The molecule has 4 nitrogen and oxygen atoms in total. The van der Waals surface area contributed by atoms with Crippen molar-refractivity contribution in [3.63, 3.8) is 0 Å². The molecule has 0 aromatic heterocycles. The number of carbonyl (C=O) groups excluding carboxylic acids is 1. The van der Waals surface area contributed by atoms with Crippen molar-refractivity contribution >= 4 is 35.4 Å². The molecule has 1 fully saturated rings. The maximum Gasteiger partial charge on any atom is 0.327 e. The standard InChI is InChI=1S/C10H17NO3S2/c1-10(2,3)16-5-8(12)11-6-15-4-7(11)9(13)14/h7H,4-6H2,1-3H3,(H,13,14). The van der Waals surface area contributed by atoms with E-state index in [1.165, 1.54) is 16.7 Å². The summed E-state index contributed by atoms with van der Waals surface area (Å²) in [4.78, 5) is 24.2. The molecule has 1 unspecified atom stereocenters. The average molecular weight is 263 g/mol. The Labute approximate surface area is 104 Å². The van der Waals surface area contributed by atoms with Crippen LogP contribution in [0.15, 0.2) is 0 Å². The van der Waals surface area contributed by atoms with E-state index < -0.39 is 12.0 Å². The lowest BCUT2D eigenvalue weighted by molar-refractivity contribution is -0.146. The van der Waals surface area contributed by atoms with E-state index in [-0.39, 0.29) is 10.7 Å². The van der Waals surface area contributed by atoms with Gasteiger partial charge in [-0.1, -0.05) is 20.8 Å². The molecule has 0 aromatic carbocycles. The number of carbonyl (C=O) groups is 2. The van der Waals surface area contributed by atoms with Gasteiger partial charge in [0.25, 0.3) is 0 Å². The maximum absolute atomic E-state index is 11.8. The second-order valence-electron chi connectivity index (χ2n) is 4.62. The fourth-order valence-corrected chi connectivity index (χ4v) is 3.15. The summed E-state index contributed by atoms with van der Waals surface area (Å²) in [6, 6.07) is -0.641. The van der Waals surface area contributed by atoms with Gasteiger partial charge in [-0.3, -0.25) is 4.79 Å². The molecule has 92 valence electrons. The van der Waals surface area contributed by atoms with Gasteiger partial charge in [0.05, 0.1) is 11.6 Å². The van der Waals surface area contributed by atoms with Crippen LogP contribution in [0.2, 0.25) is 0 Å². The zero-order chi connectivity index (χ0) is 12.3. The Morgan fingerprint density at radius 2 is 2.12 bits per heavy atom. The number of nitrogens with zero attached hydrogens (tertiary/aromatic N) is 1. The van der Waals surface area contributed by atoms with Crippen molar-refractivity contribution in [3.05, 3.63) is 0 Å². The first-order valence-electron chi connectivity index (χ1n) is 5.05. The molecule has 1 atom stereocenters. The highest BCUT2D eigenvalue weighted by atomic mass is 32.2. The summed E-state index contributed by atoms with van der Waals surface area (Å²) < 4.78 is 0.0290. The predicted octanol–water partition coefficient (Wildman–Crippen LogP) is 1.50. The van der Waals surface area contributed by atoms with Crippen LogP contribution in [0.5, 0.6) is 0 Å². The lowest BCUT2D eigenvalue weighted by Gasteiger charge is -2.23. The summed E-state index contributed by atoms with van der Waals surface area (Å²) in [6.45, 7) is 6.12. The van der Waals surface area contributed by atoms with Crippen molar-refractivity contribution in [2.24, 2.45) is 0 Å². The van der Waals surface area contributed by atoms with Crippen LogP contribution < -0.4 is 0 Å². The Kier molecular flexibility index (Phi) is 4.55. The van der Waals surface area contributed by atoms with Crippen molar-refractivity contribution in [1.29, 1.82) is 0 Å². The number of amides is 1. The summed E-state index contributed by atoms with van der Waals surface area (Å²) in [5, 5.41) is 8.95. The molecule has 0 saturated carbocycles. The minimum Gasteiger partial charge on any atom is -0.480 e. The van der Waals surface area contributed by atoms with Crippen LogP contribution in [0.4, 0.5) is 0 Å². The Morgan fingerprint density at radius 3 is 2.62 bits per heavy atom. The van der Waals surface area contributed by atoms with E-state index in [4.69, 9.17) is 5.11 Å². The largest absolute Gasteiger partial charge is 0.480 e. The van der Waals surface area contributed by atoms with Crippen LogP contribution in [0.1, 0.15) is 20.8 Å². The Balaban J connectivity index is 2.50. The quantitative estimate of drug-likeness (QED) is 0.836. The molecule has 1 aliphatic heterocycles. The third-order valence-corrected chi connectivity index (χ3v) is 4.39. The van der Waals surface area contributed by atoms with E-state index in [9.17, 15) is 9.59 Å². The van der Waals surface area contributed by atoms with Crippen molar-refractivity contribution in [2.75, 3.05) is 17.4 Å². The van der Waals surface area contributed by atoms with Crippen LogP contribution >= 0.6 is 23.5 Å². The number of hydrogen-bond donors (Lipinski definition) is 1. The van der Waals surface area contributed by atoms with E-state index in [0.717, 1.165) is 0 Å².